The summed E-state index contributed by atoms with van der Waals surface area (Å²) >= 11 is 5.55. The monoisotopic (exact) mass is 209 g/mol. The third kappa shape index (κ3) is 2.81. The largest absolute Gasteiger partial charge is 0.397 e. The Kier molecular flexibility index (Phi) is 2.71. The number of hydrogen-bond donors (Lipinski definition) is 1. The molecule has 0 aliphatic heterocycles. The lowest BCUT2D eigenvalue weighted by Gasteiger charge is -2.09. The lowest BCUT2D eigenvalue weighted by atomic mass is 10.1. The zero-order valence-corrected chi connectivity index (χ0v) is 7.28. The van der Waals surface area contributed by atoms with Gasteiger partial charge < -0.3 is 5.73 Å². The molecule has 0 aliphatic rings. The van der Waals surface area contributed by atoms with Crippen LogP contribution in [0.5, 0.6) is 0 Å². The summed E-state index contributed by atoms with van der Waals surface area (Å²) in [7, 11) is 0. The molecular formula is C8H7ClF3N. The first-order valence-electron chi connectivity index (χ1n) is 3.50. The van der Waals surface area contributed by atoms with E-state index in [-0.39, 0.29) is 16.3 Å². The molecule has 0 atom stereocenters. The van der Waals surface area contributed by atoms with E-state index in [1.807, 2.05) is 0 Å². The van der Waals surface area contributed by atoms with Gasteiger partial charge in [-0.25, -0.2) is 0 Å². The molecule has 0 fully saturated rings. The molecule has 0 saturated carbocycles. The van der Waals surface area contributed by atoms with Gasteiger partial charge in [0.1, 0.15) is 0 Å². The summed E-state index contributed by atoms with van der Waals surface area (Å²) in [6.07, 6.45) is -5.29. The minimum Gasteiger partial charge on any atom is -0.397 e. The van der Waals surface area contributed by atoms with Gasteiger partial charge in [0.2, 0.25) is 0 Å². The van der Waals surface area contributed by atoms with Crippen LogP contribution in [0.2, 0.25) is 5.02 Å². The molecule has 0 spiro atoms. The fourth-order valence-electron chi connectivity index (χ4n) is 0.952. The Morgan fingerprint density at radius 1 is 1.31 bits per heavy atom. The minimum atomic E-state index is -4.25. The Bertz CT molecular complexity index is 309. The van der Waals surface area contributed by atoms with E-state index in [4.69, 9.17) is 17.3 Å². The zero-order chi connectivity index (χ0) is 10.1. The summed E-state index contributed by atoms with van der Waals surface area (Å²) < 4.78 is 35.9. The molecule has 1 rings (SSSR count). The number of nitrogens with two attached hydrogens (primary N) is 1. The maximum Gasteiger partial charge on any atom is 0.393 e. The van der Waals surface area contributed by atoms with Crippen molar-refractivity contribution in [3.63, 3.8) is 0 Å². The molecule has 0 aromatic heterocycles. The highest BCUT2D eigenvalue weighted by Gasteiger charge is 2.28. The summed E-state index contributed by atoms with van der Waals surface area (Å²) in [6, 6.07) is 4.21. The van der Waals surface area contributed by atoms with E-state index in [1.54, 1.807) is 0 Å². The molecule has 0 amide bonds. The highest BCUT2D eigenvalue weighted by atomic mass is 35.5. The van der Waals surface area contributed by atoms with Crippen molar-refractivity contribution in [1.82, 2.24) is 0 Å². The number of anilines is 1. The van der Waals surface area contributed by atoms with Gasteiger partial charge in [-0.2, -0.15) is 13.2 Å². The van der Waals surface area contributed by atoms with E-state index >= 15 is 0 Å². The zero-order valence-electron chi connectivity index (χ0n) is 6.53. The van der Waals surface area contributed by atoms with Gasteiger partial charge in [-0.1, -0.05) is 23.7 Å². The summed E-state index contributed by atoms with van der Waals surface area (Å²) in [5, 5.41) is 0.154. The van der Waals surface area contributed by atoms with Crippen LogP contribution in [0, 0.1) is 0 Å². The maximum atomic E-state index is 12.0. The van der Waals surface area contributed by atoms with Gasteiger partial charge in [0, 0.05) is 0 Å². The van der Waals surface area contributed by atoms with Crippen LogP contribution in [-0.2, 0) is 6.42 Å². The number of para-hydroxylation sites is 1. The standard InChI is InChI=1S/C8H7ClF3N/c9-6-3-1-2-5(7(6)13)4-8(10,11)12/h1-3H,4,13H2. The molecule has 1 nitrogen and oxygen atoms in total. The Morgan fingerprint density at radius 2 is 1.92 bits per heavy atom. The highest BCUT2D eigenvalue weighted by Crippen LogP contribution is 2.28. The van der Waals surface area contributed by atoms with E-state index in [2.05, 4.69) is 0 Å². The smallest absolute Gasteiger partial charge is 0.393 e. The van der Waals surface area contributed by atoms with Gasteiger partial charge in [0.25, 0.3) is 0 Å². The third-order valence-corrected chi connectivity index (χ3v) is 1.86. The van der Waals surface area contributed by atoms with E-state index < -0.39 is 12.6 Å². The van der Waals surface area contributed by atoms with Gasteiger partial charge in [0.05, 0.1) is 17.1 Å². The Morgan fingerprint density at radius 3 is 2.46 bits per heavy atom. The number of rotatable bonds is 1. The first-order chi connectivity index (χ1) is 5.90. The van der Waals surface area contributed by atoms with Crippen LogP contribution in [0.3, 0.4) is 0 Å². The van der Waals surface area contributed by atoms with Gasteiger partial charge in [-0.05, 0) is 11.6 Å². The van der Waals surface area contributed by atoms with Crippen molar-refractivity contribution >= 4 is 17.3 Å². The molecule has 1 aromatic carbocycles. The SMILES string of the molecule is Nc1c(Cl)cccc1CC(F)(F)F. The van der Waals surface area contributed by atoms with Gasteiger partial charge in [-0.15, -0.1) is 0 Å². The average Bonchev–Trinajstić information content (AvgIpc) is 1.96. The second kappa shape index (κ2) is 3.46. The number of alkyl halides is 3. The third-order valence-electron chi connectivity index (χ3n) is 1.53. The fraction of sp³-hybridized carbons (Fsp3) is 0.250. The summed E-state index contributed by atoms with van der Waals surface area (Å²) in [6.45, 7) is 0. The van der Waals surface area contributed by atoms with Crippen molar-refractivity contribution < 1.29 is 13.2 Å². The molecule has 72 valence electrons. The molecule has 0 heterocycles. The van der Waals surface area contributed by atoms with Crippen molar-refractivity contribution in [2.75, 3.05) is 5.73 Å². The lowest BCUT2D eigenvalue weighted by Crippen LogP contribution is -2.13. The molecule has 1 aromatic rings. The highest BCUT2D eigenvalue weighted by molar-refractivity contribution is 6.33. The molecule has 0 unspecified atom stereocenters. The molecule has 2 N–H and O–H groups in total. The second-order valence-corrected chi connectivity index (χ2v) is 3.01. The van der Waals surface area contributed by atoms with Crippen LogP contribution in [0.1, 0.15) is 5.56 Å². The topological polar surface area (TPSA) is 26.0 Å². The lowest BCUT2D eigenvalue weighted by molar-refractivity contribution is -0.127. The Hall–Kier alpha value is -0.900. The van der Waals surface area contributed by atoms with Crippen molar-refractivity contribution in [3.8, 4) is 0 Å². The number of benzene rings is 1. The molecule has 0 bridgehead atoms. The van der Waals surface area contributed by atoms with Gasteiger partial charge in [0.15, 0.2) is 0 Å². The molecule has 0 saturated heterocycles. The van der Waals surface area contributed by atoms with Gasteiger partial charge >= 0.3 is 6.18 Å². The molecule has 0 radical (unpaired) electrons. The average molecular weight is 210 g/mol. The fourth-order valence-corrected chi connectivity index (χ4v) is 1.15. The molecule has 0 aliphatic carbocycles. The van der Waals surface area contributed by atoms with Crippen LogP contribution in [-0.4, -0.2) is 6.18 Å². The predicted octanol–water partition coefficient (Wildman–Crippen LogP) is 3.03. The number of nitrogen functional groups attached to an aromatic ring is 1. The number of hydrogen-bond acceptors (Lipinski definition) is 1. The van der Waals surface area contributed by atoms with Crippen LogP contribution >= 0.6 is 11.6 Å². The van der Waals surface area contributed by atoms with Crippen LogP contribution in [0.15, 0.2) is 18.2 Å². The summed E-state index contributed by atoms with van der Waals surface area (Å²) in [4.78, 5) is 0. The van der Waals surface area contributed by atoms with E-state index in [0.29, 0.717) is 0 Å². The summed E-state index contributed by atoms with van der Waals surface area (Å²) in [5.41, 5.74) is 5.37. The van der Waals surface area contributed by atoms with Crippen molar-refractivity contribution in [3.05, 3.63) is 28.8 Å². The minimum absolute atomic E-state index is 0.00138. The molecule has 13 heavy (non-hydrogen) atoms. The van der Waals surface area contributed by atoms with Crippen LogP contribution in [0.4, 0.5) is 18.9 Å². The maximum absolute atomic E-state index is 12.0. The normalized spacial score (nSPS) is 11.7. The van der Waals surface area contributed by atoms with Crippen molar-refractivity contribution in [2.24, 2.45) is 0 Å². The second-order valence-electron chi connectivity index (χ2n) is 2.60. The Labute approximate surface area is 78.3 Å². The predicted molar refractivity (Wildman–Crippen MR) is 45.6 cm³/mol. The van der Waals surface area contributed by atoms with E-state index in [1.165, 1.54) is 18.2 Å². The van der Waals surface area contributed by atoms with Crippen molar-refractivity contribution in [1.29, 1.82) is 0 Å². The number of halogens is 4. The van der Waals surface area contributed by atoms with E-state index in [0.717, 1.165) is 0 Å². The quantitative estimate of drug-likeness (QED) is 0.707. The molecule has 5 heteroatoms. The van der Waals surface area contributed by atoms with E-state index in [9.17, 15) is 13.2 Å². The summed E-state index contributed by atoms with van der Waals surface area (Å²) in [5.74, 6) is 0. The first kappa shape index (κ1) is 10.2. The Balaban J connectivity index is 2.96. The first-order valence-corrected chi connectivity index (χ1v) is 3.87. The van der Waals surface area contributed by atoms with Crippen LogP contribution < -0.4 is 5.73 Å². The van der Waals surface area contributed by atoms with Gasteiger partial charge in [-0.3, -0.25) is 0 Å². The van der Waals surface area contributed by atoms with Crippen molar-refractivity contribution in [2.45, 2.75) is 12.6 Å². The van der Waals surface area contributed by atoms with Crippen LogP contribution in [0.25, 0.3) is 0 Å². The molecular weight excluding hydrogens is 203 g/mol.